The number of rotatable bonds is 4. The van der Waals surface area contributed by atoms with E-state index in [1.165, 1.54) is 18.2 Å². The molecule has 5 rings (SSSR count). The third kappa shape index (κ3) is 3.39. The van der Waals surface area contributed by atoms with Crippen molar-refractivity contribution < 1.29 is 4.74 Å². The zero-order chi connectivity index (χ0) is 18.2. The van der Waals surface area contributed by atoms with Crippen LogP contribution in [-0.2, 0) is 11.3 Å². The summed E-state index contributed by atoms with van der Waals surface area (Å²) in [5.74, 6) is 0.686. The van der Waals surface area contributed by atoms with E-state index in [0.29, 0.717) is 12.0 Å². The number of hydrogen-bond acceptors (Lipinski definition) is 4. The van der Waals surface area contributed by atoms with E-state index >= 15 is 0 Å². The van der Waals surface area contributed by atoms with Crippen molar-refractivity contribution in [1.29, 1.82) is 0 Å². The average molecular weight is 365 g/mol. The van der Waals surface area contributed by atoms with E-state index in [-0.39, 0.29) is 6.23 Å². The molecule has 5 heterocycles. The fourth-order valence-corrected chi connectivity index (χ4v) is 4.41. The lowest BCUT2D eigenvalue weighted by atomic mass is 10.1. The number of nitrogens with one attached hydrogen (secondary N) is 1. The van der Waals surface area contributed by atoms with E-state index in [9.17, 15) is 0 Å². The van der Waals surface area contributed by atoms with Crippen LogP contribution in [0.5, 0.6) is 0 Å². The maximum atomic E-state index is 5.83. The van der Waals surface area contributed by atoms with Gasteiger partial charge in [-0.15, -0.1) is 0 Å². The number of nitrogens with zero attached hydrogens (tertiary/aromatic N) is 4. The Hall–Kier alpha value is -2.18. The van der Waals surface area contributed by atoms with Gasteiger partial charge in [-0.2, -0.15) is 5.10 Å². The second-order valence-electron chi connectivity index (χ2n) is 8.05. The summed E-state index contributed by atoms with van der Waals surface area (Å²) in [7, 11) is 0. The Labute approximate surface area is 159 Å². The van der Waals surface area contributed by atoms with Gasteiger partial charge >= 0.3 is 0 Å². The smallest absolute Gasteiger partial charge is 0.150 e. The van der Waals surface area contributed by atoms with E-state index in [2.05, 4.69) is 46.4 Å². The van der Waals surface area contributed by atoms with Crippen molar-refractivity contribution in [2.45, 2.75) is 51.4 Å². The molecular weight excluding hydrogens is 338 g/mol. The Bertz CT molecular complexity index is 924. The third-order valence-corrected chi connectivity index (χ3v) is 5.88. The van der Waals surface area contributed by atoms with Crippen molar-refractivity contribution >= 4 is 11.0 Å². The zero-order valence-corrected chi connectivity index (χ0v) is 15.8. The molecule has 0 saturated carbocycles. The minimum Gasteiger partial charge on any atom is -0.357 e. The topological polar surface area (TPSA) is 56.9 Å². The van der Waals surface area contributed by atoms with Crippen LogP contribution >= 0.6 is 0 Å². The van der Waals surface area contributed by atoms with Crippen LogP contribution in [0.3, 0.4) is 0 Å². The highest BCUT2D eigenvalue weighted by Gasteiger charge is 2.21. The molecule has 0 aromatic carbocycles. The van der Waals surface area contributed by atoms with E-state index < -0.39 is 0 Å². The molecule has 1 unspecified atom stereocenters. The fourth-order valence-electron chi connectivity index (χ4n) is 4.41. The predicted octanol–water partition coefficient (Wildman–Crippen LogP) is 3.60. The molecule has 0 aliphatic carbocycles. The summed E-state index contributed by atoms with van der Waals surface area (Å²) in [6.45, 7) is 5.22. The molecule has 2 aliphatic heterocycles. The highest BCUT2D eigenvalue weighted by Crippen LogP contribution is 2.27. The van der Waals surface area contributed by atoms with Gasteiger partial charge in [-0.25, -0.2) is 9.67 Å². The maximum absolute atomic E-state index is 5.83. The molecular formula is C21H27N5O. The van der Waals surface area contributed by atoms with Crippen molar-refractivity contribution in [3.05, 3.63) is 36.9 Å². The first-order valence-corrected chi connectivity index (χ1v) is 10.1. The second kappa shape index (κ2) is 7.09. The van der Waals surface area contributed by atoms with Gasteiger partial charge in [-0.3, -0.25) is 0 Å². The van der Waals surface area contributed by atoms with Crippen molar-refractivity contribution in [3.8, 4) is 11.1 Å². The lowest BCUT2D eigenvalue weighted by molar-refractivity contribution is -0.0394. The van der Waals surface area contributed by atoms with Crippen molar-refractivity contribution in [3.63, 3.8) is 0 Å². The largest absolute Gasteiger partial charge is 0.357 e. The summed E-state index contributed by atoms with van der Waals surface area (Å²) in [6, 6.07) is 5.02. The normalized spacial score (nSPS) is 26.0. The molecule has 3 aromatic heterocycles. The zero-order valence-electron chi connectivity index (χ0n) is 15.8. The molecule has 0 radical (unpaired) electrons. The number of fused-ring (bicyclic) bond motifs is 1. The maximum Gasteiger partial charge on any atom is 0.150 e. The van der Waals surface area contributed by atoms with Gasteiger partial charge in [-0.1, -0.05) is 0 Å². The first kappa shape index (κ1) is 17.0. The molecule has 27 heavy (non-hydrogen) atoms. The Morgan fingerprint density at radius 1 is 1.26 bits per heavy atom. The third-order valence-electron chi connectivity index (χ3n) is 5.88. The van der Waals surface area contributed by atoms with Crippen LogP contribution in [-0.4, -0.2) is 38.5 Å². The summed E-state index contributed by atoms with van der Waals surface area (Å²) in [6.07, 6.45) is 12.9. The van der Waals surface area contributed by atoms with Gasteiger partial charge in [0.15, 0.2) is 0 Å². The highest BCUT2D eigenvalue weighted by molar-refractivity contribution is 5.81. The van der Waals surface area contributed by atoms with E-state index in [1.54, 1.807) is 0 Å². The summed E-state index contributed by atoms with van der Waals surface area (Å²) >= 11 is 0. The minimum absolute atomic E-state index is 0.0766. The number of aromatic nitrogens is 4. The standard InChI is InChI=1S/C21H27N5O/c1-15-8-16(10-22-15)13-25-6-5-17-9-18(11-23-21(17)25)19-12-24-26(14-19)20-4-2-3-7-27-20/h5-6,9,11-12,14-16,20,22H,2-4,7-8,10,13H2,1H3/t15-,16+,20?/m0/s1. The molecule has 1 N–H and O–H groups in total. The van der Waals surface area contributed by atoms with Crippen molar-refractivity contribution in [2.24, 2.45) is 5.92 Å². The molecule has 2 saturated heterocycles. The monoisotopic (exact) mass is 365 g/mol. The van der Waals surface area contributed by atoms with Crippen LogP contribution < -0.4 is 5.32 Å². The molecule has 142 valence electrons. The van der Waals surface area contributed by atoms with Crippen LogP contribution in [0.15, 0.2) is 36.9 Å². The van der Waals surface area contributed by atoms with Crippen LogP contribution in [0, 0.1) is 5.92 Å². The first-order chi connectivity index (χ1) is 13.3. The molecule has 0 amide bonds. The highest BCUT2D eigenvalue weighted by atomic mass is 16.5. The van der Waals surface area contributed by atoms with Crippen molar-refractivity contribution in [2.75, 3.05) is 13.2 Å². The van der Waals surface area contributed by atoms with Crippen LogP contribution in [0.1, 0.15) is 38.8 Å². The van der Waals surface area contributed by atoms with Crippen LogP contribution in [0.25, 0.3) is 22.2 Å². The molecule has 6 heteroatoms. The molecule has 3 atom stereocenters. The molecule has 6 nitrogen and oxygen atoms in total. The van der Waals surface area contributed by atoms with Gasteiger partial charge in [0.05, 0.1) is 6.20 Å². The number of pyridine rings is 1. The second-order valence-corrected chi connectivity index (χ2v) is 8.05. The Morgan fingerprint density at radius 2 is 2.22 bits per heavy atom. The van der Waals surface area contributed by atoms with Gasteiger partial charge in [0.2, 0.25) is 0 Å². The molecule has 0 spiro atoms. The fraction of sp³-hybridized carbons (Fsp3) is 0.524. The quantitative estimate of drug-likeness (QED) is 0.768. The van der Waals surface area contributed by atoms with E-state index in [1.807, 2.05) is 17.1 Å². The van der Waals surface area contributed by atoms with Gasteiger partial charge in [-0.05, 0) is 57.2 Å². The Balaban J connectivity index is 1.36. The van der Waals surface area contributed by atoms with Gasteiger partial charge in [0, 0.05) is 54.3 Å². The van der Waals surface area contributed by atoms with Gasteiger partial charge in [0.1, 0.15) is 11.9 Å². The first-order valence-electron chi connectivity index (χ1n) is 10.1. The Kier molecular flexibility index (Phi) is 4.45. The molecule has 2 aliphatic rings. The minimum atomic E-state index is 0.0766. The summed E-state index contributed by atoms with van der Waals surface area (Å²) in [4.78, 5) is 4.77. The lowest BCUT2D eigenvalue weighted by Gasteiger charge is -2.22. The number of ether oxygens (including phenoxy) is 1. The summed E-state index contributed by atoms with van der Waals surface area (Å²) in [5.41, 5.74) is 3.28. The average Bonchev–Trinajstić information content (AvgIpc) is 3.43. The Morgan fingerprint density at radius 3 is 3.04 bits per heavy atom. The van der Waals surface area contributed by atoms with Crippen LogP contribution in [0.2, 0.25) is 0 Å². The summed E-state index contributed by atoms with van der Waals surface area (Å²) < 4.78 is 10.1. The SMILES string of the molecule is C[C@H]1C[C@@H](Cn2ccc3cc(-c4cnn(C5CCCCO5)c4)cnc32)CN1. The predicted molar refractivity (Wildman–Crippen MR) is 105 cm³/mol. The molecule has 2 fully saturated rings. The molecule has 3 aromatic rings. The van der Waals surface area contributed by atoms with Crippen LogP contribution in [0.4, 0.5) is 0 Å². The molecule has 0 bridgehead atoms. The number of hydrogen-bond donors (Lipinski definition) is 1. The van der Waals surface area contributed by atoms with E-state index in [0.717, 1.165) is 49.3 Å². The van der Waals surface area contributed by atoms with Gasteiger partial charge < -0.3 is 14.6 Å². The van der Waals surface area contributed by atoms with Crippen molar-refractivity contribution in [1.82, 2.24) is 24.6 Å². The van der Waals surface area contributed by atoms with Gasteiger partial charge in [0.25, 0.3) is 0 Å². The van der Waals surface area contributed by atoms with E-state index in [4.69, 9.17) is 9.72 Å². The summed E-state index contributed by atoms with van der Waals surface area (Å²) in [5, 5.41) is 9.25. The lowest BCUT2D eigenvalue weighted by Crippen LogP contribution is -2.18.